The third-order valence-corrected chi connectivity index (χ3v) is 3.28. The molecule has 2 heterocycles. The quantitative estimate of drug-likeness (QED) is 0.888. The Bertz CT molecular complexity index is 607. The lowest BCUT2D eigenvalue weighted by Gasteiger charge is -2.20. The van der Waals surface area contributed by atoms with Gasteiger partial charge in [0.2, 0.25) is 0 Å². The van der Waals surface area contributed by atoms with E-state index >= 15 is 0 Å². The standard InChI is InChI=1S/C14H17N3O2/c1-9-7-11(17(2)16-9)14(15)10-3-4-12-13(8-10)19-6-5-18-12/h3-4,7-8,14H,5-6,15H2,1-2H3. The van der Waals surface area contributed by atoms with Crippen LogP contribution in [0.1, 0.15) is 23.0 Å². The summed E-state index contributed by atoms with van der Waals surface area (Å²) in [6.45, 7) is 3.13. The van der Waals surface area contributed by atoms with Gasteiger partial charge in [-0.3, -0.25) is 4.68 Å². The van der Waals surface area contributed by atoms with Crippen molar-refractivity contribution in [3.63, 3.8) is 0 Å². The van der Waals surface area contributed by atoms with Gasteiger partial charge in [-0.2, -0.15) is 5.10 Å². The third-order valence-electron chi connectivity index (χ3n) is 3.28. The van der Waals surface area contributed by atoms with E-state index in [1.807, 2.05) is 42.9 Å². The van der Waals surface area contributed by atoms with Crippen LogP contribution < -0.4 is 15.2 Å². The lowest BCUT2D eigenvalue weighted by atomic mass is 10.0. The van der Waals surface area contributed by atoms with Gasteiger partial charge in [0.05, 0.1) is 17.4 Å². The van der Waals surface area contributed by atoms with Crippen LogP contribution in [0, 0.1) is 6.92 Å². The van der Waals surface area contributed by atoms with Crippen LogP contribution in [0.2, 0.25) is 0 Å². The van der Waals surface area contributed by atoms with Crippen molar-refractivity contribution in [2.75, 3.05) is 13.2 Å². The molecular formula is C14H17N3O2. The molecule has 1 aliphatic rings. The molecule has 1 aromatic heterocycles. The number of hydrogen-bond acceptors (Lipinski definition) is 4. The summed E-state index contributed by atoms with van der Waals surface area (Å²) < 4.78 is 12.9. The molecule has 1 unspecified atom stereocenters. The average Bonchev–Trinajstić information content (AvgIpc) is 2.76. The second-order valence-corrected chi connectivity index (χ2v) is 4.71. The fourth-order valence-electron chi connectivity index (χ4n) is 2.35. The van der Waals surface area contributed by atoms with Crippen molar-refractivity contribution in [3.8, 4) is 11.5 Å². The maximum Gasteiger partial charge on any atom is 0.161 e. The zero-order chi connectivity index (χ0) is 13.4. The molecular weight excluding hydrogens is 242 g/mol. The van der Waals surface area contributed by atoms with E-state index in [2.05, 4.69) is 5.10 Å². The molecule has 1 atom stereocenters. The highest BCUT2D eigenvalue weighted by molar-refractivity contribution is 5.46. The normalized spacial score (nSPS) is 15.3. The van der Waals surface area contributed by atoms with E-state index < -0.39 is 0 Å². The number of rotatable bonds is 2. The van der Waals surface area contributed by atoms with Crippen LogP contribution >= 0.6 is 0 Å². The Balaban J connectivity index is 1.95. The lowest BCUT2D eigenvalue weighted by Crippen LogP contribution is -2.18. The first-order valence-corrected chi connectivity index (χ1v) is 6.31. The highest BCUT2D eigenvalue weighted by atomic mass is 16.6. The molecule has 0 radical (unpaired) electrons. The Labute approximate surface area is 111 Å². The molecule has 2 N–H and O–H groups in total. The number of hydrogen-bond donors (Lipinski definition) is 1. The summed E-state index contributed by atoms with van der Waals surface area (Å²) in [5.41, 5.74) is 9.24. The SMILES string of the molecule is Cc1cc(C(N)c2ccc3c(c2)OCCO3)n(C)n1. The van der Waals surface area contributed by atoms with E-state index in [9.17, 15) is 0 Å². The lowest BCUT2D eigenvalue weighted by molar-refractivity contribution is 0.171. The minimum absolute atomic E-state index is 0.220. The molecule has 0 amide bonds. The number of benzene rings is 1. The van der Waals surface area contributed by atoms with Gasteiger partial charge in [0.25, 0.3) is 0 Å². The van der Waals surface area contributed by atoms with Gasteiger partial charge in [-0.15, -0.1) is 0 Å². The predicted molar refractivity (Wildman–Crippen MR) is 71.4 cm³/mol. The van der Waals surface area contributed by atoms with Gasteiger partial charge < -0.3 is 15.2 Å². The first-order valence-electron chi connectivity index (χ1n) is 6.31. The minimum atomic E-state index is -0.220. The van der Waals surface area contributed by atoms with Crippen molar-refractivity contribution in [1.29, 1.82) is 0 Å². The van der Waals surface area contributed by atoms with Crippen LogP contribution in [0.3, 0.4) is 0 Å². The van der Waals surface area contributed by atoms with Gasteiger partial charge >= 0.3 is 0 Å². The Morgan fingerprint density at radius 1 is 1.21 bits per heavy atom. The van der Waals surface area contributed by atoms with E-state index in [0.29, 0.717) is 13.2 Å². The van der Waals surface area contributed by atoms with Gasteiger partial charge in [0.1, 0.15) is 13.2 Å². The first-order chi connectivity index (χ1) is 9.15. The molecule has 1 aromatic carbocycles. The number of nitrogens with two attached hydrogens (primary N) is 1. The number of nitrogens with zero attached hydrogens (tertiary/aromatic N) is 2. The van der Waals surface area contributed by atoms with Gasteiger partial charge in [0.15, 0.2) is 11.5 Å². The molecule has 0 fully saturated rings. The second-order valence-electron chi connectivity index (χ2n) is 4.71. The monoisotopic (exact) mass is 259 g/mol. The fraction of sp³-hybridized carbons (Fsp3) is 0.357. The smallest absolute Gasteiger partial charge is 0.161 e. The highest BCUT2D eigenvalue weighted by Crippen LogP contribution is 2.33. The van der Waals surface area contributed by atoms with E-state index in [1.165, 1.54) is 0 Å². The summed E-state index contributed by atoms with van der Waals surface area (Å²) >= 11 is 0. The molecule has 1 aliphatic heterocycles. The molecule has 0 bridgehead atoms. The van der Waals surface area contributed by atoms with Crippen LogP contribution in [0.4, 0.5) is 0 Å². The minimum Gasteiger partial charge on any atom is -0.486 e. The molecule has 19 heavy (non-hydrogen) atoms. The van der Waals surface area contributed by atoms with E-state index in [1.54, 1.807) is 0 Å². The number of fused-ring (bicyclic) bond motifs is 1. The molecule has 0 aliphatic carbocycles. The number of aromatic nitrogens is 2. The molecule has 5 nitrogen and oxygen atoms in total. The van der Waals surface area contributed by atoms with Crippen LogP contribution in [0.5, 0.6) is 11.5 Å². The molecule has 3 rings (SSSR count). The van der Waals surface area contributed by atoms with Crippen molar-refractivity contribution in [2.45, 2.75) is 13.0 Å². The second kappa shape index (κ2) is 4.59. The molecule has 0 saturated carbocycles. The molecule has 5 heteroatoms. The van der Waals surface area contributed by atoms with Crippen LogP contribution in [0.25, 0.3) is 0 Å². The first kappa shape index (κ1) is 12.0. The topological polar surface area (TPSA) is 62.3 Å². The van der Waals surface area contributed by atoms with Crippen molar-refractivity contribution in [3.05, 3.63) is 41.2 Å². The summed E-state index contributed by atoms with van der Waals surface area (Å²) in [7, 11) is 1.90. The Kier molecular flexibility index (Phi) is 2.91. The van der Waals surface area contributed by atoms with Crippen molar-refractivity contribution >= 4 is 0 Å². The zero-order valence-electron chi connectivity index (χ0n) is 11.1. The van der Waals surface area contributed by atoms with Gasteiger partial charge in [-0.1, -0.05) is 6.07 Å². The Morgan fingerprint density at radius 2 is 1.95 bits per heavy atom. The van der Waals surface area contributed by atoms with Crippen molar-refractivity contribution in [1.82, 2.24) is 9.78 Å². The zero-order valence-corrected chi connectivity index (χ0v) is 11.1. The molecule has 0 spiro atoms. The average molecular weight is 259 g/mol. The Morgan fingerprint density at radius 3 is 2.63 bits per heavy atom. The van der Waals surface area contributed by atoms with Crippen molar-refractivity contribution < 1.29 is 9.47 Å². The van der Waals surface area contributed by atoms with Crippen molar-refractivity contribution in [2.24, 2.45) is 12.8 Å². The number of ether oxygens (including phenoxy) is 2. The van der Waals surface area contributed by atoms with Gasteiger partial charge in [-0.25, -0.2) is 0 Å². The van der Waals surface area contributed by atoms with Gasteiger partial charge in [0, 0.05) is 7.05 Å². The summed E-state index contributed by atoms with van der Waals surface area (Å²) in [6.07, 6.45) is 0. The largest absolute Gasteiger partial charge is 0.486 e. The number of aryl methyl sites for hydroxylation is 2. The maximum absolute atomic E-state index is 6.31. The van der Waals surface area contributed by atoms with E-state index in [4.69, 9.17) is 15.2 Å². The summed E-state index contributed by atoms with van der Waals surface area (Å²) in [6, 6.07) is 7.61. The Hall–Kier alpha value is -2.01. The predicted octanol–water partition coefficient (Wildman–Crippen LogP) is 1.55. The van der Waals surface area contributed by atoms with Crippen LogP contribution in [-0.4, -0.2) is 23.0 Å². The molecule has 2 aromatic rings. The summed E-state index contributed by atoms with van der Waals surface area (Å²) in [5, 5.41) is 4.33. The van der Waals surface area contributed by atoms with E-state index in [0.717, 1.165) is 28.5 Å². The van der Waals surface area contributed by atoms with E-state index in [-0.39, 0.29) is 6.04 Å². The summed E-state index contributed by atoms with van der Waals surface area (Å²) in [5.74, 6) is 1.54. The maximum atomic E-state index is 6.31. The fourth-order valence-corrected chi connectivity index (χ4v) is 2.35. The summed E-state index contributed by atoms with van der Waals surface area (Å²) in [4.78, 5) is 0. The van der Waals surface area contributed by atoms with Gasteiger partial charge in [-0.05, 0) is 30.7 Å². The third kappa shape index (κ3) is 2.17. The highest BCUT2D eigenvalue weighted by Gasteiger charge is 2.18. The van der Waals surface area contributed by atoms with Crippen LogP contribution in [-0.2, 0) is 7.05 Å². The molecule has 100 valence electrons. The van der Waals surface area contributed by atoms with Crippen LogP contribution in [0.15, 0.2) is 24.3 Å². The molecule has 0 saturated heterocycles.